The average molecular weight is 494 g/mol. The second kappa shape index (κ2) is 9.02. The van der Waals surface area contributed by atoms with Crippen molar-refractivity contribution in [1.29, 1.82) is 0 Å². The van der Waals surface area contributed by atoms with E-state index in [1.165, 1.54) is 10.5 Å². The molecule has 1 aliphatic carbocycles. The number of nitrogens with zero attached hydrogens (tertiary/aromatic N) is 2. The van der Waals surface area contributed by atoms with Gasteiger partial charge in [-0.3, -0.25) is 9.20 Å². The van der Waals surface area contributed by atoms with E-state index in [1.807, 2.05) is 0 Å². The van der Waals surface area contributed by atoms with E-state index in [1.54, 1.807) is 6.92 Å². The average Bonchev–Trinajstić information content (AvgIpc) is 3.11. The molecule has 1 amide bonds. The maximum absolute atomic E-state index is 13.8. The standard InChI is InChI=1S/C22H25ClF5N3O2/c1-12-15(20(32)29-14-4-8-33-9-5-14)11-17-30-18(22(26,27)28)16(31(17)19(12)23)10-13-2-6-21(24,25)7-3-13/h11,13-14H,2-10H2,1H3,(H,29,32). The first-order chi connectivity index (χ1) is 15.5. The Bertz CT molecular complexity index is 1040. The molecule has 0 aromatic carbocycles. The number of amides is 1. The molecule has 11 heteroatoms. The molecule has 0 bridgehead atoms. The fourth-order valence-electron chi connectivity index (χ4n) is 4.64. The summed E-state index contributed by atoms with van der Waals surface area (Å²) in [6.07, 6.45) is -3.97. The number of fused-ring (bicyclic) bond motifs is 1. The van der Waals surface area contributed by atoms with Crippen LogP contribution in [0.25, 0.3) is 5.65 Å². The van der Waals surface area contributed by atoms with E-state index in [-0.39, 0.29) is 66.1 Å². The number of carbonyl (C=O) groups is 1. The number of hydrogen-bond acceptors (Lipinski definition) is 3. The number of aromatic nitrogens is 2. The molecule has 0 unspecified atom stereocenters. The van der Waals surface area contributed by atoms with Crippen LogP contribution in [0.3, 0.4) is 0 Å². The number of hydrogen-bond donors (Lipinski definition) is 1. The Morgan fingerprint density at radius 2 is 1.88 bits per heavy atom. The van der Waals surface area contributed by atoms with Crippen LogP contribution in [0.1, 0.15) is 65.8 Å². The number of pyridine rings is 1. The summed E-state index contributed by atoms with van der Waals surface area (Å²) in [5.74, 6) is -3.54. The normalized spacial score (nSPS) is 20.3. The zero-order chi connectivity index (χ0) is 24.0. The summed E-state index contributed by atoms with van der Waals surface area (Å²) >= 11 is 6.49. The Morgan fingerprint density at radius 1 is 1.24 bits per heavy atom. The molecule has 0 atom stereocenters. The van der Waals surface area contributed by atoms with Gasteiger partial charge in [-0.25, -0.2) is 13.8 Å². The molecular weight excluding hydrogens is 469 g/mol. The highest BCUT2D eigenvalue weighted by atomic mass is 35.5. The van der Waals surface area contributed by atoms with Crippen LogP contribution in [-0.4, -0.2) is 40.5 Å². The zero-order valence-electron chi connectivity index (χ0n) is 18.1. The number of alkyl halides is 5. The molecule has 4 rings (SSSR count). The monoisotopic (exact) mass is 493 g/mol. The quantitative estimate of drug-likeness (QED) is 0.446. The van der Waals surface area contributed by atoms with Crippen LogP contribution >= 0.6 is 11.6 Å². The Kier molecular flexibility index (Phi) is 6.61. The van der Waals surface area contributed by atoms with E-state index < -0.39 is 23.7 Å². The first kappa shape index (κ1) is 24.2. The van der Waals surface area contributed by atoms with E-state index in [4.69, 9.17) is 16.3 Å². The molecule has 33 heavy (non-hydrogen) atoms. The van der Waals surface area contributed by atoms with Crippen molar-refractivity contribution in [3.05, 3.63) is 33.7 Å². The number of rotatable bonds is 4. The first-order valence-corrected chi connectivity index (χ1v) is 11.4. The molecule has 2 fully saturated rings. The van der Waals surface area contributed by atoms with Crippen molar-refractivity contribution in [1.82, 2.24) is 14.7 Å². The predicted molar refractivity (Wildman–Crippen MR) is 112 cm³/mol. The third-order valence-electron chi connectivity index (χ3n) is 6.57. The topological polar surface area (TPSA) is 55.6 Å². The molecule has 1 saturated carbocycles. The summed E-state index contributed by atoms with van der Waals surface area (Å²) in [7, 11) is 0. The lowest BCUT2D eigenvalue weighted by atomic mass is 9.83. The van der Waals surface area contributed by atoms with Gasteiger partial charge in [-0.15, -0.1) is 0 Å². The number of halogens is 6. The van der Waals surface area contributed by atoms with E-state index in [0.717, 1.165) is 0 Å². The fourth-order valence-corrected chi connectivity index (χ4v) is 4.93. The van der Waals surface area contributed by atoms with Crippen LogP contribution in [0, 0.1) is 12.8 Å². The van der Waals surface area contributed by atoms with Gasteiger partial charge in [-0.05, 0) is 56.6 Å². The molecule has 2 aromatic rings. The molecule has 3 heterocycles. The second-order valence-corrected chi connectivity index (χ2v) is 9.29. The lowest BCUT2D eigenvalue weighted by Crippen LogP contribution is -2.39. The van der Waals surface area contributed by atoms with E-state index >= 15 is 0 Å². The maximum Gasteiger partial charge on any atom is 0.435 e. The highest BCUT2D eigenvalue weighted by Crippen LogP contribution is 2.40. The van der Waals surface area contributed by atoms with Crippen molar-refractivity contribution in [3.8, 4) is 0 Å². The number of carbonyl (C=O) groups excluding carboxylic acids is 1. The number of ether oxygens (including phenoxy) is 1. The molecule has 5 nitrogen and oxygen atoms in total. The van der Waals surface area contributed by atoms with Crippen LogP contribution in [-0.2, 0) is 17.3 Å². The molecule has 2 aromatic heterocycles. The number of nitrogens with one attached hydrogen (secondary N) is 1. The molecular formula is C22H25ClF5N3O2. The van der Waals surface area contributed by atoms with E-state index in [0.29, 0.717) is 31.6 Å². The molecule has 0 spiro atoms. The van der Waals surface area contributed by atoms with Crippen molar-refractivity contribution >= 4 is 23.2 Å². The minimum Gasteiger partial charge on any atom is -0.381 e. The van der Waals surface area contributed by atoms with Crippen LogP contribution < -0.4 is 5.32 Å². The first-order valence-electron chi connectivity index (χ1n) is 11.0. The minimum absolute atomic E-state index is 0.0382. The highest BCUT2D eigenvalue weighted by molar-refractivity contribution is 6.31. The van der Waals surface area contributed by atoms with Gasteiger partial charge in [0.15, 0.2) is 5.69 Å². The van der Waals surface area contributed by atoms with Gasteiger partial charge in [0.25, 0.3) is 5.91 Å². The Hall–Kier alpha value is -1.94. The van der Waals surface area contributed by atoms with Crippen LogP contribution in [0.5, 0.6) is 0 Å². The molecule has 182 valence electrons. The zero-order valence-corrected chi connectivity index (χ0v) is 18.8. The summed E-state index contributed by atoms with van der Waals surface area (Å²) in [5, 5.41) is 2.85. The summed E-state index contributed by atoms with van der Waals surface area (Å²) < 4.78 is 75.0. The lowest BCUT2D eigenvalue weighted by molar-refractivity contribution is -0.141. The van der Waals surface area contributed by atoms with Gasteiger partial charge < -0.3 is 10.1 Å². The smallest absolute Gasteiger partial charge is 0.381 e. The second-order valence-electron chi connectivity index (χ2n) is 8.94. The van der Waals surface area contributed by atoms with Gasteiger partial charge >= 0.3 is 6.18 Å². The van der Waals surface area contributed by atoms with Gasteiger partial charge in [-0.2, -0.15) is 13.2 Å². The van der Waals surface area contributed by atoms with Crippen molar-refractivity contribution in [2.45, 2.75) is 70.0 Å². The molecule has 1 saturated heterocycles. The van der Waals surface area contributed by atoms with Gasteiger partial charge in [0, 0.05) is 37.7 Å². The highest BCUT2D eigenvalue weighted by Gasteiger charge is 2.41. The predicted octanol–water partition coefficient (Wildman–Crippen LogP) is 5.59. The Labute approximate surface area is 192 Å². The summed E-state index contributed by atoms with van der Waals surface area (Å²) in [6, 6.07) is 1.22. The van der Waals surface area contributed by atoms with E-state index in [2.05, 4.69) is 10.3 Å². The van der Waals surface area contributed by atoms with Crippen molar-refractivity contribution in [3.63, 3.8) is 0 Å². The van der Waals surface area contributed by atoms with E-state index in [9.17, 15) is 26.7 Å². The van der Waals surface area contributed by atoms with Crippen LogP contribution in [0.4, 0.5) is 22.0 Å². The summed E-state index contributed by atoms with van der Waals surface area (Å²) in [5.41, 5.74) is -0.857. The Balaban J connectivity index is 1.70. The number of imidazole rings is 1. The van der Waals surface area contributed by atoms with Gasteiger partial charge in [0.05, 0.1) is 5.69 Å². The van der Waals surface area contributed by atoms with Crippen molar-refractivity contribution in [2.75, 3.05) is 13.2 Å². The van der Waals surface area contributed by atoms with Gasteiger partial charge in [0.2, 0.25) is 5.92 Å². The van der Waals surface area contributed by atoms with Crippen molar-refractivity contribution in [2.24, 2.45) is 5.92 Å². The summed E-state index contributed by atoms with van der Waals surface area (Å²) in [4.78, 5) is 16.6. The maximum atomic E-state index is 13.8. The SMILES string of the molecule is Cc1c(C(=O)NC2CCOCC2)cc2nc(C(F)(F)F)c(CC3CCC(F)(F)CC3)n2c1Cl. The van der Waals surface area contributed by atoms with Gasteiger partial charge in [-0.1, -0.05) is 11.6 Å². The summed E-state index contributed by atoms with van der Waals surface area (Å²) in [6.45, 7) is 2.61. The fraction of sp³-hybridized carbons (Fsp3) is 0.636. The third kappa shape index (κ3) is 5.11. The molecule has 2 aliphatic rings. The van der Waals surface area contributed by atoms with Crippen LogP contribution in [0.15, 0.2) is 6.07 Å². The van der Waals surface area contributed by atoms with Gasteiger partial charge in [0.1, 0.15) is 10.8 Å². The van der Waals surface area contributed by atoms with Crippen LogP contribution in [0.2, 0.25) is 5.15 Å². The molecule has 0 radical (unpaired) electrons. The largest absolute Gasteiger partial charge is 0.435 e. The third-order valence-corrected chi connectivity index (χ3v) is 7.02. The molecule has 1 aliphatic heterocycles. The lowest BCUT2D eigenvalue weighted by Gasteiger charge is -2.28. The molecule has 1 N–H and O–H groups in total. The Morgan fingerprint density at radius 3 is 2.48 bits per heavy atom. The van der Waals surface area contributed by atoms with Crippen molar-refractivity contribution < 1.29 is 31.5 Å². The minimum atomic E-state index is -4.75.